The molecule has 0 saturated heterocycles. The van der Waals surface area contributed by atoms with E-state index in [1.54, 1.807) is 24.3 Å². The molecule has 0 bridgehead atoms. The molecule has 2 aromatic carbocycles. The average molecular weight is 548 g/mol. The van der Waals surface area contributed by atoms with Crippen LogP contribution in [0.25, 0.3) is 0 Å². The van der Waals surface area contributed by atoms with Gasteiger partial charge in [0, 0.05) is 18.1 Å². The smallest absolute Gasteiger partial charge is 0.354 e. The van der Waals surface area contributed by atoms with Gasteiger partial charge >= 0.3 is 6.18 Å². The van der Waals surface area contributed by atoms with E-state index in [4.69, 9.17) is 11.6 Å². The number of halogens is 4. The molecule has 0 radical (unpaired) electrons. The third-order valence-electron chi connectivity index (χ3n) is 5.44. The molecule has 2 rings (SSSR count). The Labute approximate surface area is 214 Å². The summed E-state index contributed by atoms with van der Waals surface area (Å²) in [5.41, 5.74) is -0.859. The second-order valence-corrected chi connectivity index (χ2v) is 10.6. The number of anilines is 1. The van der Waals surface area contributed by atoms with Crippen molar-refractivity contribution in [3.63, 3.8) is 0 Å². The Morgan fingerprint density at radius 3 is 2.36 bits per heavy atom. The van der Waals surface area contributed by atoms with E-state index in [0.29, 0.717) is 27.5 Å². The summed E-state index contributed by atoms with van der Waals surface area (Å²) in [6, 6.07) is 9.34. The Bertz CT molecular complexity index is 1180. The van der Waals surface area contributed by atoms with Crippen LogP contribution in [0.2, 0.25) is 5.02 Å². The molecule has 0 heterocycles. The summed E-state index contributed by atoms with van der Waals surface area (Å²) in [5.74, 6) is -1.23. The Morgan fingerprint density at radius 1 is 1.11 bits per heavy atom. The topological polar surface area (TPSA) is 86.8 Å². The second kappa shape index (κ2) is 12.4. The van der Waals surface area contributed by atoms with Crippen molar-refractivity contribution in [2.24, 2.45) is 0 Å². The number of nitrogens with zero attached hydrogens (tertiary/aromatic N) is 2. The zero-order valence-electron chi connectivity index (χ0n) is 20.2. The molecule has 2 aromatic rings. The molecule has 1 N–H and O–H groups in total. The highest BCUT2D eigenvalue weighted by atomic mass is 35.5. The lowest BCUT2D eigenvalue weighted by molar-refractivity contribution is -0.139. The van der Waals surface area contributed by atoms with Crippen LogP contribution in [0, 0.1) is 0 Å². The van der Waals surface area contributed by atoms with E-state index < -0.39 is 46.2 Å². The maximum absolute atomic E-state index is 13.4. The number of carbonyl (C=O) groups is 2. The predicted molar refractivity (Wildman–Crippen MR) is 133 cm³/mol. The number of alkyl halides is 3. The number of nitrogens with one attached hydrogen (secondary N) is 1. The molecule has 0 aliphatic heterocycles. The summed E-state index contributed by atoms with van der Waals surface area (Å²) in [7, 11) is -4.16. The summed E-state index contributed by atoms with van der Waals surface area (Å²) < 4.78 is 65.3. The maximum atomic E-state index is 13.4. The Kier molecular flexibility index (Phi) is 10.2. The van der Waals surface area contributed by atoms with E-state index >= 15 is 0 Å². The largest absolute Gasteiger partial charge is 0.416 e. The minimum Gasteiger partial charge on any atom is -0.354 e. The number of sulfonamides is 1. The van der Waals surface area contributed by atoms with E-state index in [-0.39, 0.29) is 12.2 Å². The van der Waals surface area contributed by atoms with E-state index in [9.17, 15) is 31.2 Å². The van der Waals surface area contributed by atoms with Crippen molar-refractivity contribution in [2.75, 3.05) is 23.7 Å². The van der Waals surface area contributed by atoms with Gasteiger partial charge in [0.1, 0.15) is 12.6 Å². The maximum Gasteiger partial charge on any atom is 0.416 e. The number of benzene rings is 2. The van der Waals surface area contributed by atoms with Crippen molar-refractivity contribution in [1.29, 1.82) is 0 Å². The fourth-order valence-electron chi connectivity index (χ4n) is 3.38. The van der Waals surface area contributed by atoms with Crippen LogP contribution < -0.4 is 9.62 Å². The third-order valence-corrected chi connectivity index (χ3v) is 6.95. The van der Waals surface area contributed by atoms with Crippen LogP contribution in [-0.4, -0.2) is 50.5 Å². The molecule has 12 heteroatoms. The van der Waals surface area contributed by atoms with E-state index in [0.717, 1.165) is 36.1 Å². The minimum atomic E-state index is -4.70. The molecule has 1 atom stereocenters. The highest BCUT2D eigenvalue weighted by Gasteiger charge is 2.33. The molecule has 0 aromatic heterocycles. The lowest BCUT2D eigenvalue weighted by Crippen LogP contribution is -2.51. The van der Waals surface area contributed by atoms with Crippen LogP contribution in [0.4, 0.5) is 18.9 Å². The SMILES string of the molecule is CCCCNC(=O)[C@H](C)N(Cc1ccccc1Cl)C(=O)CN(c1cccc(C(F)(F)F)c1)S(C)(=O)=O. The van der Waals surface area contributed by atoms with Gasteiger partial charge in [-0.05, 0) is 43.2 Å². The van der Waals surface area contributed by atoms with Crippen molar-refractivity contribution >= 4 is 39.1 Å². The van der Waals surface area contributed by atoms with Gasteiger partial charge in [-0.3, -0.25) is 13.9 Å². The number of hydrogen-bond acceptors (Lipinski definition) is 4. The summed E-state index contributed by atoms with van der Waals surface area (Å²) in [4.78, 5) is 27.3. The molecule has 0 saturated carbocycles. The fourth-order valence-corrected chi connectivity index (χ4v) is 4.42. The summed E-state index contributed by atoms with van der Waals surface area (Å²) in [5, 5.41) is 3.08. The van der Waals surface area contributed by atoms with Gasteiger partial charge in [0.25, 0.3) is 0 Å². The molecule has 7 nitrogen and oxygen atoms in total. The van der Waals surface area contributed by atoms with Crippen LogP contribution in [0.1, 0.15) is 37.8 Å². The molecule has 198 valence electrons. The van der Waals surface area contributed by atoms with Gasteiger partial charge in [0.2, 0.25) is 21.8 Å². The van der Waals surface area contributed by atoms with Gasteiger partial charge in [0.05, 0.1) is 17.5 Å². The standard InChI is InChI=1S/C24H29ClF3N3O4S/c1-4-5-13-29-23(33)17(2)30(15-18-9-6-7-12-21(18)25)22(32)16-31(36(3,34)35)20-11-8-10-19(14-20)24(26,27)28/h6-12,14,17H,4-5,13,15-16H2,1-3H3,(H,29,33)/t17-/m0/s1. The highest BCUT2D eigenvalue weighted by molar-refractivity contribution is 7.92. The minimum absolute atomic E-state index is 0.110. The van der Waals surface area contributed by atoms with Crippen LogP contribution >= 0.6 is 11.6 Å². The van der Waals surface area contributed by atoms with Gasteiger partial charge < -0.3 is 10.2 Å². The van der Waals surface area contributed by atoms with Gasteiger partial charge in [-0.2, -0.15) is 13.2 Å². The molecule has 0 unspecified atom stereocenters. The molecule has 0 spiro atoms. The summed E-state index contributed by atoms with van der Waals surface area (Å²) in [6.07, 6.45) is -2.34. The zero-order chi connectivity index (χ0) is 27.1. The molecule has 2 amide bonds. The van der Waals surface area contributed by atoms with Gasteiger partial charge in [-0.1, -0.05) is 49.2 Å². The Hall–Kier alpha value is -2.79. The fraction of sp³-hybridized carbons (Fsp3) is 0.417. The number of unbranched alkanes of at least 4 members (excludes halogenated alkanes) is 1. The lowest BCUT2D eigenvalue weighted by Gasteiger charge is -2.31. The van der Waals surface area contributed by atoms with E-state index in [1.165, 1.54) is 13.0 Å². The summed E-state index contributed by atoms with van der Waals surface area (Å²) >= 11 is 6.24. The number of hydrogen-bond donors (Lipinski definition) is 1. The van der Waals surface area contributed by atoms with Crippen LogP contribution in [0.5, 0.6) is 0 Å². The summed E-state index contributed by atoms with van der Waals surface area (Å²) in [6.45, 7) is 2.92. The quantitative estimate of drug-likeness (QED) is 0.421. The Morgan fingerprint density at radius 2 is 1.78 bits per heavy atom. The normalized spacial score (nSPS) is 12.6. The first-order valence-corrected chi connectivity index (χ1v) is 13.4. The van der Waals surface area contributed by atoms with Gasteiger partial charge in [-0.25, -0.2) is 8.42 Å². The first-order chi connectivity index (χ1) is 16.8. The highest BCUT2D eigenvalue weighted by Crippen LogP contribution is 2.32. The van der Waals surface area contributed by atoms with Crippen LogP contribution in [-0.2, 0) is 32.3 Å². The van der Waals surface area contributed by atoms with Crippen molar-refractivity contribution in [3.8, 4) is 0 Å². The van der Waals surface area contributed by atoms with E-state index in [1.807, 2.05) is 6.92 Å². The van der Waals surface area contributed by atoms with E-state index in [2.05, 4.69) is 5.32 Å². The third kappa shape index (κ3) is 8.12. The zero-order valence-corrected chi connectivity index (χ0v) is 21.8. The van der Waals surface area contributed by atoms with Gasteiger partial charge in [-0.15, -0.1) is 0 Å². The number of rotatable bonds is 11. The van der Waals surface area contributed by atoms with Crippen molar-refractivity contribution in [3.05, 3.63) is 64.7 Å². The molecular formula is C24H29ClF3N3O4S. The van der Waals surface area contributed by atoms with Crippen molar-refractivity contribution in [2.45, 2.75) is 45.5 Å². The van der Waals surface area contributed by atoms with Crippen LogP contribution in [0.15, 0.2) is 48.5 Å². The lowest BCUT2D eigenvalue weighted by atomic mass is 10.1. The first-order valence-electron chi connectivity index (χ1n) is 11.2. The second-order valence-electron chi connectivity index (χ2n) is 8.25. The first kappa shape index (κ1) is 29.4. The molecular weight excluding hydrogens is 519 g/mol. The molecule has 0 aliphatic carbocycles. The average Bonchev–Trinajstić information content (AvgIpc) is 2.80. The monoisotopic (exact) mass is 547 g/mol. The predicted octanol–water partition coefficient (Wildman–Crippen LogP) is 4.46. The molecule has 0 fully saturated rings. The van der Waals surface area contributed by atoms with Crippen LogP contribution in [0.3, 0.4) is 0 Å². The van der Waals surface area contributed by atoms with Gasteiger partial charge in [0.15, 0.2) is 0 Å². The van der Waals surface area contributed by atoms with Crippen molar-refractivity contribution in [1.82, 2.24) is 10.2 Å². The Balaban J connectivity index is 2.42. The molecule has 36 heavy (non-hydrogen) atoms. The van der Waals surface area contributed by atoms with Crippen molar-refractivity contribution < 1.29 is 31.2 Å². The number of carbonyl (C=O) groups excluding carboxylic acids is 2. The number of amides is 2. The molecule has 0 aliphatic rings.